The maximum absolute atomic E-state index is 2.22. The molecule has 0 nitrogen and oxygen atoms in total. The predicted molar refractivity (Wildman–Crippen MR) is 84.6 cm³/mol. The first kappa shape index (κ1) is 21.7. The summed E-state index contributed by atoms with van der Waals surface area (Å²) in [6.45, 7) is 23.7. The van der Waals surface area contributed by atoms with Crippen LogP contribution in [-0.4, -0.2) is 0 Å². The highest BCUT2D eigenvalue weighted by Crippen LogP contribution is 2.11. The highest BCUT2D eigenvalue weighted by Gasteiger charge is 1.95. The van der Waals surface area contributed by atoms with E-state index in [1.165, 1.54) is 28.7 Å². The topological polar surface area (TPSA) is 0 Å². The molecule has 0 aliphatic heterocycles. The zero-order valence-electron chi connectivity index (χ0n) is 14.3. The van der Waals surface area contributed by atoms with E-state index < -0.39 is 0 Å². The van der Waals surface area contributed by atoms with Gasteiger partial charge in [0.25, 0.3) is 0 Å². The van der Waals surface area contributed by atoms with Gasteiger partial charge in [0.15, 0.2) is 0 Å². The van der Waals surface area contributed by atoms with Crippen LogP contribution in [0.5, 0.6) is 0 Å². The van der Waals surface area contributed by atoms with Crippen molar-refractivity contribution in [1.29, 1.82) is 0 Å². The van der Waals surface area contributed by atoms with Crippen LogP contribution in [0.1, 0.15) is 82.6 Å². The van der Waals surface area contributed by atoms with Gasteiger partial charge in [-0.2, -0.15) is 0 Å². The summed E-state index contributed by atoms with van der Waals surface area (Å²) in [6.07, 6.45) is 1.25. The van der Waals surface area contributed by atoms with E-state index in [1.807, 2.05) is 0 Å². The van der Waals surface area contributed by atoms with Crippen LogP contribution in [0.3, 0.4) is 0 Å². The summed E-state index contributed by atoms with van der Waals surface area (Å²) in [7, 11) is 0. The first-order valence-corrected chi connectivity index (χ1v) is 6.86. The number of hydrogen-bond acceptors (Lipinski definition) is 0. The van der Waals surface area contributed by atoms with Crippen LogP contribution in [0.4, 0.5) is 0 Å². The second kappa shape index (κ2) is 13.5. The van der Waals surface area contributed by atoms with E-state index >= 15 is 0 Å². The molecule has 0 aliphatic rings. The molecule has 0 unspecified atom stereocenters. The highest BCUT2D eigenvalue weighted by molar-refractivity contribution is 5.08. The first-order valence-electron chi connectivity index (χ1n) is 6.86. The van der Waals surface area contributed by atoms with Gasteiger partial charge < -0.3 is 0 Å². The monoisotopic (exact) mass is 240 g/mol. The van der Waals surface area contributed by atoms with Crippen LogP contribution in [-0.2, 0) is 0 Å². The Morgan fingerprint density at radius 1 is 0.647 bits per heavy atom. The van der Waals surface area contributed by atoms with Gasteiger partial charge >= 0.3 is 0 Å². The lowest BCUT2D eigenvalue weighted by Crippen LogP contribution is -1.89. The molecule has 0 rings (SSSR count). The molecule has 0 radical (unpaired) electrons. The van der Waals surface area contributed by atoms with Gasteiger partial charge in [0, 0.05) is 0 Å². The van der Waals surface area contributed by atoms with E-state index in [4.69, 9.17) is 0 Å². The van der Waals surface area contributed by atoms with Gasteiger partial charge in [-0.05, 0) is 54.4 Å². The lowest BCUT2D eigenvalue weighted by atomic mass is 10.0. The molecule has 0 atom stereocenters. The second-order valence-corrected chi connectivity index (χ2v) is 5.54. The molecule has 0 fully saturated rings. The quantitative estimate of drug-likeness (QED) is 0.443. The molecule has 0 spiro atoms. The van der Waals surface area contributed by atoms with Gasteiger partial charge in [0.05, 0.1) is 0 Å². The van der Waals surface area contributed by atoms with Crippen LogP contribution >= 0.6 is 0 Å². The van der Waals surface area contributed by atoms with Crippen molar-refractivity contribution in [3.63, 3.8) is 0 Å². The van der Waals surface area contributed by atoms with Crippen molar-refractivity contribution in [2.75, 3.05) is 0 Å². The van der Waals surface area contributed by atoms with E-state index in [1.54, 1.807) is 0 Å². The minimum atomic E-state index is 0.722. The summed E-state index contributed by atoms with van der Waals surface area (Å²) >= 11 is 0. The van der Waals surface area contributed by atoms with Gasteiger partial charge in [-0.1, -0.05) is 56.4 Å². The molecule has 0 bridgehead atoms. The Bertz CT molecular complexity index is 204. The molecule has 0 saturated carbocycles. The molecule has 0 aromatic rings. The molecule has 0 heteroatoms. The van der Waals surface area contributed by atoms with Gasteiger partial charge in [0.2, 0.25) is 0 Å². The van der Waals surface area contributed by atoms with Gasteiger partial charge in [0.1, 0.15) is 0 Å². The summed E-state index contributed by atoms with van der Waals surface area (Å²) in [5.41, 5.74) is 5.83. The lowest BCUT2D eigenvalue weighted by Gasteiger charge is -2.05. The zero-order chi connectivity index (χ0) is 14.6. The van der Waals surface area contributed by atoms with Crippen LogP contribution in [0.2, 0.25) is 0 Å². The minimum Gasteiger partial charge on any atom is -0.0778 e. The summed E-state index contributed by atoms with van der Waals surface area (Å²) in [5, 5.41) is 0. The largest absolute Gasteiger partial charge is 0.0778 e. The lowest BCUT2D eigenvalue weighted by molar-refractivity contribution is 0.756. The Labute approximate surface area is 111 Å². The number of hydrogen-bond donors (Lipinski definition) is 0. The summed E-state index contributed by atoms with van der Waals surface area (Å²) in [6, 6.07) is 0. The molecule has 0 aromatic carbocycles. The van der Waals surface area contributed by atoms with E-state index in [0.29, 0.717) is 0 Å². The number of rotatable bonds is 1. The van der Waals surface area contributed by atoms with Gasteiger partial charge in [-0.25, -0.2) is 0 Å². The zero-order valence-corrected chi connectivity index (χ0v) is 14.3. The van der Waals surface area contributed by atoms with E-state index in [0.717, 1.165) is 5.92 Å². The third kappa shape index (κ3) is 21.3. The minimum absolute atomic E-state index is 0.722. The second-order valence-electron chi connectivity index (χ2n) is 5.54. The van der Waals surface area contributed by atoms with Crippen LogP contribution in [0.25, 0.3) is 0 Å². The van der Waals surface area contributed by atoms with Crippen molar-refractivity contribution in [1.82, 2.24) is 0 Å². The molecule has 0 N–H and O–H groups in total. The van der Waals surface area contributed by atoms with Crippen LogP contribution in [0.15, 0.2) is 22.3 Å². The van der Waals surface area contributed by atoms with E-state index in [9.17, 15) is 0 Å². The van der Waals surface area contributed by atoms with Crippen molar-refractivity contribution >= 4 is 0 Å². The Kier molecular flexibility index (Phi) is 17.3. The molecular weight excluding hydrogens is 204 g/mol. The SMILES string of the molecule is CC(C)=C(C)C.CC(C)=C(C)C(C)C.CCC. The Hall–Kier alpha value is -0.520. The third-order valence-corrected chi connectivity index (χ3v) is 2.65. The van der Waals surface area contributed by atoms with Crippen LogP contribution < -0.4 is 0 Å². The van der Waals surface area contributed by atoms with Crippen molar-refractivity contribution in [3.05, 3.63) is 22.3 Å². The fourth-order valence-electron chi connectivity index (χ4n) is 0.577. The van der Waals surface area contributed by atoms with E-state index in [2.05, 4.69) is 76.2 Å². The summed E-state index contributed by atoms with van der Waals surface area (Å²) < 4.78 is 0. The summed E-state index contributed by atoms with van der Waals surface area (Å²) in [4.78, 5) is 0. The molecule has 104 valence electrons. The Morgan fingerprint density at radius 3 is 0.882 bits per heavy atom. The molecule has 17 heavy (non-hydrogen) atoms. The molecule has 0 saturated heterocycles. The normalized spacial score (nSPS) is 8.47. The fourth-order valence-corrected chi connectivity index (χ4v) is 0.577. The fraction of sp³-hybridized carbons (Fsp3) is 0.765. The molecule has 0 amide bonds. The van der Waals surface area contributed by atoms with Gasteiger partial charge in [-0.15, -0.1) is 0 Å². The highest BCUT2D eigenvalue weighted by atomic mass is 14.0. The summed E-state index contributed by atoms with van der Waals surface area (Å²) in [5.74, 6) is 0.722. The molecule has 0 aromatic heterocycles. The smallest absolute Gasteiger partial charge is 0.0260 e. The number of allylic oxidation sites excluding steroid dienone is 4. The van der Waals surface area contributed by atoms with Crippen molar-refractivity contribution in [2.45, 2.75) is 82.6 Å². The standard InChI is InChI=1S/C8H16.C6H12.C3H8/c1-6(2)8(5)7(3)4;1-5(2)6(3)4;1-3-2/h6H,1-5H3;1-4H3;3H2,1-2H3. The first-order chi connectivity index (χ1) is 7.61. The average Bonchev–Trinajstić information content (AvgIpc) is 2.18. The Morgan fingerprint density at radius 2 is 0.882 bits per heavy atom. The molecule has 0 aliphatic carbocycles. The molecular formula is C17H36. The molecule has 0 heterocycles. The predicted octanol–water partition coefficient (Wildman–Crippen LogP) is 6.78. The van der Waals surface area contributed by atoms with Gasteiger partial charge in [-0.3, -0.25) is 0 Å². The third-order valence-electron chi connectivity index (χ3n) is 2.65. The average molecular weight is 240 g/mol. The van der Waals surface area contributed by atoms with Crippen molar-refractivity contribution in [3.8, 4) is 0 Å². The Balaban J connectivity index is -0.000000193. The van der Waals surface area contributed by atoms with Crippen molar-refractivity contribution < 1.29 is 0 Å². The van der Waals surface area contributed by atoms with E-state index in [-0.39, 0.29) is 0 Å². The van der Waals surface area contributed by atoms with Crippen molar-refractivity contribution in [2.24, 2.45) is 5.92 Å². The maximum atomic E-state index is 2.22. The van der Waals surface area contributed by atoms with Crippen LogP contribution in [0, 0.1) is 5.92 Å². The maximum Gasteiger partial charge on any atom is -0.0260 e.